The van der Waals surface area contributed by atoms with Gasteiger partial charge in [0.15, 0.2) is 0 Å². The first kappa shape index (κ1) is 18.0. The second kappa shape index (κ2) is 7.73. The van der Waals surface area contributed by atoms with Crippen molar-refractivity contribution in [2.45, 2.75) is 19.5 Å². The van der Waals surface area contributed by atoms with Crippen molar-refractivity contribution in [3.05, 3.63) is 92.8 Å². The molecule has 5 rings (SSSR count). The number of nitrogens with one attached hydrogen (secondary N) is 1. The molecule has 0 spiro atoms. The van der Waals surface area contributed by atoms with Crippen LogP contribution in [-0.4, -0.2) is 26.4 Å². The van der Waals surface area contributed by atoms with E-state index in [1.165, 1.54) is 16.0 Å². The lowest BCUT2D eigenvalue weighted by atomic mass is 10.1. The van der Waals surface area contributed by atoms with Crippen LogP contribution in [0.3, 0.4) is 0 Å². The zero-order chi connectivity index (χ0) is 19.6. The number of rotatable bonds is 4. The van der Waals surface area contributed by atoms with Crippen molar-refractivity contribution in [2.75, 3.05) is 6.54 Å². The van der Waals surface area contributed by atoms with Gasteiger partial charge in [-0.3, -0.25) is 14.7 Å². The smallest absolute Gasteiger partial charge is 0.255 e. The maximum atomic E-state index is 12.7. The van der Waals surface area contributed by atoms with Gasteiger partial charge in [-0.05, 0) is 34.7 Å². The highest BCUT2D eigenvalue weighted by molar-refractivity contribution is 7.10. The van der Waals surface area contributed by atoms with Crippen LogP contribution in [0, 0.1) is 0 Å². The summed E-state index contributed by atoms with van der Waals surface area (Å²) < 4.78 is 0. The van der Waals surface area contributed by atoms with E-state index in [4.69, 9.17) is 4.98 Å². The molecule has 0 fully saturated rings. The van der Waals surface area contributed by atoms with Crippen molar-refractivity contribution in [3.63, 3.8) is 0 Å². The van der Waals surface area contributed by atoms with Gasteiger partial charge in [0.2, 0.25) is 0 Å². The molecule has 144 valence electrons. The minimum absolute atomic E-state index is 0.0466. The van der Waals surface area contributed by atoms with Crippen molar-refractivity contribution in [1.82, 2.24) is 19.9 Å². The molecule has 4 aromatic rings. The summed E-state index contributed by atoms with van der Waals surface area (Å²) in [6.07, 6.45) is 4.22. The van der Waals surface area contributed by atoms with Crippen molar-refractivity contribution in [2.24, 2.45) is 0 Å². The van der Waals surface area contributed by atoms with E-state index >= 15 is 0 Å². The predicted octanol–water partition coefficient (Wildman–Crippen LogP) is 4.12. The van der Waals surface area contributed by atoms with E-state index in [1.807, 2.05) is 18.2 Å². The summed E-state index contributed by atoms with van der Waals surface area (Å²) in [5.74, 6) is 0.598. The van der Waals surface area contributed by atoms with E-state index in [1.54, 1.807) is 23.7 Å². The lowest BCUT2D eigenvalue weighted by molar-refractivity contribution is 0.244. The SMILES string of the molecule is O=c1[nH]c(-c2cccnc2)nc2c1CN(Cc1cc(-c3ccccc3)cs1)CC2. The van der Waals surface area contributed by atoms with Gasteiger partial charge in [0.1, 0.15) is 5.82 Å². The van der Waals surface area contributed by atoms with E-state index in [2.05, 4.69) is 50.6 Å². The maximum absolute atomic E-state index is 12.7. The first-order chi connectivity index (χ1) is 14.3. The molecule has 0 saturated carbocycles. The topological polar surface area (TPSA) is 61.9 Å². The number of pyridine rings is 1. The summed E-state index contributed by atoms with van der Waals surface area (Å²) in [7, 11) is 0. The molecule has 0 amide bonds. The van der Waals surface area contributed by atoms with Gasteiger partial charge in [0, 0.05) is 48.9 Å². The first-order valence-electron chi connectivity index (χ1n) is 9.64. The number of aromatic nitrogens is 3. The molecule has 0 saturated heterocycles. The Kier molecular flexibility index (Phi) is 4.79. The third-order valence-electron chi connectivity index (χ3n) is 5.22. The van der Waals surface area contributed by atoms with Gasteiger partial charge in [-0.1, -0.05) is 30.3 Å². The second-order valence-electron chi connectivity index (χ2n) is 7.21. The van der Waals surface area contributed by atoms with Crippen LogP contribution in [0.4, 0.5) is 0 Å². The van der Waals surface area contributed by atoms with Crippen molar-refractivity contribution >= 4 is 11.3 Å². The Balaban J connectivity index is 1.34. The number of benzene rings is 1. The second-order valence-corrected chi connectivity index (χ2v) is 8.21. The normalized spacial score (nSPS) is 13.9. The molecular weight excluding hydrogens is 380 g/mol. The number of thiophene rings is 1. The molecule has 5 nitrogen and oxygen atoms in total. The standard InChI is InChI=1S/C23H20N4OS/c28-23-20-14-27(13-19-11-18(15-29-19)16-5-2-1-3-6-16)10-8-21(20)25-22(26-23)17-7-4-9-24-12-17/h1-7,9,11-12,15H,8,10,13-14H2,(H,25,26,28). The van der Waals surface area contributed by atoms with Gasteiger partial charge in [0.25, 0.3) is 5.56 Å². The van der Waals surface area contributed by atoms with Crippen LogP contribution in [-0.2, 0) is 19.5 Å². The largest absolute Gasteiger partial charge is 0.306 e. The van der Waals surface area contributed by atoms with Crippen LogP contribution in [0.2, 0.25) is 0 Å². The zero-order valence-electron chi connectivity index (χ0n) is 15.8. The van der Waals surface area contributed by atoms with Crippen LogP contribution in [0.25, 0.3) is 22.5 Å². The Labute approximate surface area is 172 Å². The highest BCUT2D eigenvalue weighted by Gasteiger charge is 2.22. The van der Waals surface area contributed by atoms with Crippen LogP contribution in [0.5, 0.6) is 0 Å². The summed E-state index contributed by atoms with van der Waals surface area (Å²) >= 11 is 1.77. The summed E-state index contributed by atoms with van der Waals surface area (Å²) in [6, 6.07) is 16.4. The number of H-pyrrole nitrogens is 1. The monoisotopic (exact) mass is 400 g/mol. The number of hydrogen-bond donors (Lipinski definition) is 1. The van der Waals surface area contributed by atoms with E-state index in [0.29, 0.717) is 12.4 Å². The molecule has 6 heteroatoms. The molecule has 29 heavy (non-hydrogen) atoms. The quantitative estimate of drug-likeness (QED) is 0.560. The highest BCUT2D eigenvalue weighted by Crippen LogP contribution is 2.27. The van der Waals surface area contributed by atoms with Gasteiger partial charge in [-0.15, -0.1) is 11.3 Å². The van der Waals surface area contributed by atoms with Gasteiger partial charge in [-0.2, -0.15) is 0 Å². The Bertz CT molecular complexity index is 1180. The summed E-state index contributed by atoms with van der Waals surface area (Å²) in [5, 5.41) is 2.21. The molecule has 0 radical (unpaired) electrons. The number of hydrogen-bond acceptors (Lipinski definition) is 5. The van der Waals surface area contributed by atoms with Crippen LogP contribution < -0.4 is 5.56 Å². The minimum Gasteiger partial charge on any atom is -0.306 e. The molecule has 1 aliphatic rings. The molecule has 1 aromatic carbocycles. The number of fused-ring (bicyclic) bond motifs is 1. The molecule has 0 unspecified atom stereocenters. The molecule has 1 aliphatic heterocycles. The Morgan fingerprint density at radius 3 is 2.76 bits per heavy atom. The lowest BCUT2D eigenvalue weighted by Gasteiger charge is -2.27. The molecule has 0 atom stereocenters. The van der Waals surface area contributed by atoms with Gasteiger partial charge < -0.3 is 4.98 Å². The summed E-state index contributed by atoms with van der Waals surface area (Å²) in [5.41, 5.74) is 4.96. The third-order valence-corrected chi connectivity index (χ3v) is 6.14. The van der Waals surface area contributed by atoms with Gasteiger partial charge >= 0.3 is 0 Å². The van der Waals surface area contributed by atoms with Crippen LogP contribution >= 0.6 is 11.3 Å². The fourth-order valence-electron chi connectivity index (χ4n) is 3.72. The Hall–Kier alpha value is -3.09. The maximum Gasteiger partial charge on any atom is 0.255 e. The average Bonchev–Trinajstić information content (AvgIpc) is 3.24. The summed E-state index contributed by atoms with van der Waals surface area (Å²) in [6.45, 7) is 2.37. The fourth-order valence-corrected chi connectivity index (χ4v) is 4.66. The van der Waals surface area contributed by atoms with Crippen molar-refractivity contribution in [1.29, 1.82) is 0 Å². The molecule has 0 bridgehead atoms. The number of aromatic amines is 1. The summed E-state index contributed by atoms with van der Waals surface area (Å²) in [4.78, 5) is 28.1. The Morgan fingerprint density at radius 1 is 1.07 bits per heavy atom. The third kappa shape index (κ3) is 3.77. The van der Waals surface area contributed by atoms with E-state index < -0.39 is 0 Å². The predicted molar refractivity (Wildman–Crippen MR) is 116 cm³/mol. The van der Waals surface area contributed by atoms with Gasteiger partial charge in [-0.25, -0.2) is 4.98 Å². The van der Waals surface area contributed by atoms with Crippen LogP contribution in [0.15, 0.2) is 71.1 Å². The zero-order valence-corrected chi connectivity index (χ0v) is 16.7. The minimum atomic E-state index is -0.0466. The molecule has 1 N–H and O–H groups in total. The Morgan fingerprint density at radius 2 is 1.93 bits per heavy atom. The highest BCUT2D eigenvalue weighted by atomic mass is 32.1. The van der Waals surface area contributed by atoms with E-state index in [9.17, 15) is 4.79 Å². The lowest BCUT2D eigenvalue weighted by Crippen LogP contribution is -2.35. The van der Waals surface area contributed by atoms with E-state index in [0.717, 1.165) is 36.3 Å². The van der Waals surface area contributed by atoms with Crippen molar-refractivity contribution < 1.29 is 0 Å². The first-order valence-corrected chi connectivity index (χ1v) is 10.5. The molecular formula is C23H20N4OS. The fraction of sp³-hybridized carbons (Fsp3) is 0.174. The van der Waals surface area contributed by atoms with Crippen LogP contribution in [0.1, 0.15) is 16.1 Å². The average molecular weight is 401 g/mol. The molecule has 3 aromatic heterocycles. The van der Waals surface area contributed by atoms with Crippen molar-refractivity contribution in [3.8, 4) is 22.5 Å². The molecule has 0 aliphatic carbocycles. The van der Waals surface area contributed by atoms with Gasteiger partial charge in [0.05, 0.1) is 11.3 Å². The number of nitrogens with zero attached hydrogens (tertiary/aromatic N) is 3. The van der Waals surface area contributed by atoms with E-state index in [-0.39, 0.29) is 5.56 Å². The molecule has 4 heterocycles.